The number of aromatic nitrogens is 4. The van der Waals surface area contributed by atoms with Crippen LogP contribution >= 0.6 is 11.8 Å². The van der Waals surface area contributed by atoms with Crippen LogP contribution in [0, 0.1) is 10.1 Å². The average Bonchev–Trinajstić information content (AvgIpc) is 3.37. The Labute approximate surface area is 210 Å². The lowest BCUT2D eigenvalue weighted by Gasteiger charge is -2.14. The van der Waals surface area contributed by atoms with E-state index in [4.69, 9.17) is 9.47 Å². The molecule has 3 aromatic rings. The summed E-state index contributed by atoms with van der Waals surface area (Å²) in [7, 11) is 3.30. The summed E-state index contributed by atoms with van der Waals surface area (Å²) < 4.78 is 10.8. The summed E-state index contributed by atoms with van der Waals surface area (Å²) in [6.45, 7) is 1.49. The Hall–Kier alpha value is -4.20. The first-order chi connectivity index (χ1) is 17.2. The Kier molecular flexibility index (Phi) is 8.78. The van der Waals surface area contributed by atoms with Crippen LogP contribution in [0.3, 0.4) is 0 Å². The van der Waals surface area contributed by atoms with E-state index in [1.165, 1.54) is 4.90 Å². The maximum Gasteiger partial charge on any atom is 0.373 e. The van der Waals surface area contributed by atoms with E-state index in [1.807, 2.05) is 0 Å². The number of aromatic amines is 1. The highest BCUT2D eigenvalue weighted by Gasteiger charge is 2.28. The van der Waals surface area contributed by atoms with Gasteiger partial charge in [0, 0.05) is 32.1 Å². The Morgan fingerprint density at radius 3 is 2.64 bits per heavy atom. The van der Waals surface area contributed by atoms with Gasteiger partial charge in [-0.3, -0.25) is 19.7 Å². The second-order valence-electron chi connectivity index (χ2n) is 7.50. The van der Waals surface area contributed by atoms with Gasteiger partial charge in [0.05, 0.1) is 18.0 Å². The number of nitrogens with zero attached hydrogens (tertiary/aromatic N) is 5. The quantitative estimate of drug-likeness (QED) is 0.127. The second kappa shape index (κ2) is 12.0. The molecule has 0 aliphatic carbocycles. The summed E-state index contributed by atoms with van der Waals surface area (Å²) in [6.07, 6.45) is 5.00. The average molecular weight is 516 g/mol. The molecule has 1 amide bonds. The molecule has 0 spiro atoms. The van der Waals surface area contributed by atoms with E-state index in [-0.39, 0.29) is 48.1 Å². The van der Waals surface area contributed by atoms with Gasteiger partial charge in [-0.05, 0) is 36.9 Å². The summed E-state index contributed by atoms with van der Waals surface area (Å²) in [4.78, 5) is 52.4. The lowest BCUT2D eigenvalue weighted by atomic mass is 10.1. The molecule has 0 radical (unpaired) electrons. The van der Waals surface area contributed by atoms with Gasteiger partial charge in [0.1, 0.15) is 18.1 Å². The van der Waals surface area contributed by atoms with E-state index in [1.54, 1.807) is 57.9 Å². The monoisotopic (exact) mass is 515 g/mol. The largest absolute Gasteiger partial charge is 0.465 e. The molecule has 0 bridgehead atoms. The van der Waals surface area contributed by atoms with Gasteiger partial charge in [0.25, 0.3) is 0 Å². The second-order valence-corrected chi connectivity index (χ2v) is 8.27. The summed E-state index contributed by atoms with van der Waals surface area (Å²) in [5, 5.41) is 14.8. The number of imidazole rings is 1. The van der Waals surface area contributed by atoms with Gasteiger partial charge in [0.15, 0.2) is 5.16 Å². The van der Waals surface area contributed by atoms with E-state index >= 15 is 0 Å². The van der Waals surface area contributed by atoms with Crippen molar-refractivity contribution in [2.24, 2.45) is 0 Å². The summed E-state index contributed by atoms with van der Waals surface area (Å²) in [5.41, 5.74) is 0.674. The fraction of sp³-hybridized carbons (Fsp3) is 0.318. The Bertz CT molecular complexity index is 1250. The predicted molar refractivity (Wildman–Crippen MR) is 132 cm³/mol. The third-order valence-corrected chi connectivity index (χ3v) is 5.26. The van der Waals surface area contributed by atoms with Crippen molar-refractivity contribution in [2.75, 3.05) is 38.8 Å². The number of hydrogen-bond donors (Lipinski definition) is 2. The number of rotatable bonds is 11. The van der Waals surface area contributed by atoms with Crippen molar-refractivity contribution in [3.05, 3.63) is 46.3 Å². The first-order valence-electron chi connectivity index (χ1n) is 10.7. The zero-order valence-corrected chi connectivity index (χ0v) is 20.9. The minimum Gasteiger partial charge on any atom is -0.465 e. The number of ether oxygens (including phenoxy) is 2. The SMILES string of the molecule is CCOC(=O)CNc1nc(SC)nc(Oc2cc(CC(=O)N(C)C)cc(-c3ncc[nH]3)c2)c1[N+](=O)[O-]. The summed E-state index contributed by atoms with van der Waals surface area (Å²) in [6, 6.07) is 5.00. The number of amides is 1. The fourth-order valence-electron chi connectivity index (χ4n) is 3.06. The number of nitrogens with one attached hydrogen (secondary N) is 2. The Morgan fingerprint density at radius 1 is 1.25 bits per heavy atom. The Morgan fingerprint density at radius 2 is 2.03 bits per heavy atom. The van der Waals surface area contributed by atoms with Gasteiger partial charge in [0.2, 0.25) is 11.7 Å². The first-order valence-corrected chi connectivity index (χ1v) is 12.0. The number of hydrogen-bond acceptors (Lipinski definition) is 11. The molecule has 0 aliphatic rings. The lowest BCUT2D eigenvalue weighted by Crippen LogP contribution is -2.23. The van der Waals surface area contributed by atoms with Gasteiger partial charge in [-0.25, -0.2) is 4.98 Å². The lowest BCUT2D eigenvalue weighted by molar-refractivity contribution is -0.385. The number of thioether (sulfide) groups is 1. The van der Waals surface area contributed by atoms with Gasteiger partial charge >= 0.3 is 17.5 Å². The zero-order valence-electron chi connectivity index (χ0n) is 20.1. The molecule has 0 atom stereocenters. The van der Waals surface area contributed by atoms with Gasteiger partial charge in [-0.15, -0.1) is 0 Å². The van der Waals surface area contributed by atoms with E-state index < -0.39 is 16.6 Å². The topological polar surface area (TPSA) is 165 Å². The molecule has 2 heterocycles. The van der Waals surface area contributed by atoms with E-state index in [0.717, 1.165) is 11.8 Å². The fourth-order valence-corrected chi connectivity index (χ4v) is 3.42. The summed E-state index contributed by atoms with van der Waals surface area (Å²) in [5.74, 6) is -0.520. The predicted octanol–water partition coefficient (Wildman–Crippen LogP) is 2.89. The molecule has 2 aromatic heterocycles. The zero-order chi connectivity index (χ0) is 26.2. The Balaban J connectivity index is 2.04. The molecule has 2 N–H and O–H groups in total. The van der Waals surface area contributed by atoms with Crippen molar-refractivity contribution in [1.29, 1.82) is 0 Å². The van der Waals surface area contributed by atoms with Crippen molar-refractivity contribution in [3.8, 4) is 23.0 Å². The van der Waals surface area contributed by atoms with Crippen LogP contribution in [0.5, 0.6) is 11.6 Å². The maximum atomic E-state index is 12.3. The van der Waals surface area contributed by atoms with Crippen LogP contribution in [0.15, 0.2) is 35.7 Å². The normalized spacial score (nSPS) is 10.6. The van der Waals surface area contributed by atoms with Crippen molar-refractivity contribution in [2.45, 2.75) is 18.5 Å². The highest BCUT2D eigenvalue weighted by atomic mass is 32.2. The van der Waals surface area contributed by atoms with Crippen LogP contribution in [0.25, 0.3) is 11.4 Å². The van der Waals surface area contributed by atoms with Crippen LogP contribution < -0.4 is 10.1 Å². The molecular formula is C22H25N7O6S. The van der Waals surface area contributed by atoms with Gasteiger partial charge in [-0.1, -0.05) is 11.8 Å². The first kappa shape index (κ1) is 26.4. The number of benzene rings is 1. The molecule has 0 saturated heterocycles. The highest BCUT2D eigenvalue weighted by Crippen LogP contribution is 2.37. The van der Waals surface area contributed by atoms with Crippen LogP contribution in [-0.2, 0) is 20.7 Å². The molecule has 0 saturated carbocycles. The number of H-pyrrole nitrogens is 1. The smallest absolute Gasteiger partial charge is 0.373 e. The number of nitro groups is 1. The van der Waals surface area contributed by atoms with Crippen LogP contribution in [0.4, 0.5) is 11.5 Å². The molecule has 0 fully saturated rings. The van der Waals surface area contributed by atoms with Gasteiger partial charge in [-0.2, -0.15) is 9.97 Å². The molecule has 14 heteroatoms. The molecule has 13 nitrogen and oxygen atoms in total. The molecule has 36 heavy (non-hydrogen) atoms. The molecule has 0 unspecified atom stereocenters. The maximum absolute atomic E-state index is 12.3. The van der Waals surface area contributed by atoms with Crippen molar-refractivity contribution < 1.29 is 24.0 Å². The molecule has 3 rings (SSSR count). The highest BCUT2D eigenvalue weighted by molar-refractivity contribution is 7.98. The van der Waals surface area contributed by atoms with Crippen LogP contribution in [0.2, 0.25) is 0 Å². The number of likely N-dealkylation sites (N-methyl/N-ethyl adjacent to an activating group) is 1. The standard InChI is InChI=1S/C22H25N7O6S/c1-5-34-17(31)12-25-20-18(29(32)33)21(27-22(26-20)36-4)35-15-9-13(10-16(30)28(2)3)8-14(11-15)19-23-6-7-24-19/h6-9,11H,5,10,12H2,1-4H3,(H,23,24)(H,25,26,27). The molecule has 0 aliphatic heterocycles. The third kappa shape index (κ3) is 6.69. The number of anilines is 1. The van der Waals surface area contributed by atoms with Crippen molar-refractivity contribution >= 4 is 35.1 Å². The molecule has 1 aromatic carbocycles. The van der Waals surface area contributed by atoms with Gasteiger partial charge < -0.3 is 24.7 Å². The minimum atomic E-state index is -0.695. The molecule has 190 valence electrons. The van der Waals surface area contributed by atoms with E-state index in [9.17, 15) is 19.7 Å². The molecular weight excluding hydrogens is 490 g/mol. The van der Waals surface area contributed by atoms with Crippen molar-refractivity contribution in [3.63, 3.8) is 0 Å². The van der Waals surface area contributed by atoms with Crippen LogP contribution in [-0.4, -0.2) is 75.1 Å². The van der Waals surface area contributed by atoms with Crippen LogP contribution in [0.1, 0.15) is 12.5 Å². The van der Waals surface area contributed by atoms with Crippen molar-refractivity contribution in [1.82, 2.24) is 24.8 Å². The van der Waals surface area contributed by atoms with E-state index in [0.29, 0.717) is 17.0 Å². The number of esters is 1. The number of carbonyl (C=O) groups excluding carboxylic acids is 2. The summed E-state index contributed by atoms with van der Waals surface area (Å²) >= 11 is 1.14. The minimum absolute atomic E-state index is 0.0756. The van der Waals surface area contributed by atoms with E-state index in [2.05, 4.69) is 25.3 Å². The number of carbonyl (C=O) groups is 2. The third-order valence-electron chi connectivity index (χ3n) is 4.71.